The molecule has 2 aromatic rings. The van der Waals surface area contributed by atoms with Crippen molar-refractivity contribution in [3.63, 3.8) is 0 Å². The molecule has 0 N–H and O–H groups in total. The van der Waals surface area contributed by atoms with Crippen LogP contribution >= 0.6 is 0 Å². The molecule has 11 heteroatoms. The molecule has 0 unspecified atom stereocenters. The van der Waals surface area contributed by atoms with E-state index >= 15 is 0 Å². The minimum Gasteiger partial charge on any atom is -0.497 e. The van der Waals surface area contributed by atoms with Gasteiger partial charge in [0.1, 0.15) is 24.7 Å². The molecule has 0 aromatic heterocycles. The lowest BCUT2D eigenvalue weighted by Gasteiger charge is -2.36. The van der Waals surface area contributed by atoms with E-state index in [9.17, 15) is 19.7 Å². The topological polar surface area (TPSA) is 115 Å². The number of nitrogens with zero attached hydrogens (tertiary/aromatic N) is 4. The quantitative estimate of drug-likeness (QED) is 0.291. The van der Waals surface area contributed by atoms with Crippen molar-refractivity contribution in [2.75, 3.05) is 64.5 Å². The largest absolute Gasteiger partial charge is 0.497 e. The van der Waals surface area contributed by atoms with Crippen molar-refractivity contribution in [2.45, 2.75) is 0 Å². The molecule has 4 rings (SSSR count). The molecule has 2 amide bonds. The number of rotatable bonds is 10. The average Bonchev–Trinajstić information content (AvgIpc) is 3.09. The number of benzene rings is 2. The zero-order chi connectivity index (χ0) is 24.1. The van der Waals surface area contributed by atoms with Gasteiger partial charge < -0.3 is 19.2 Å². The van der Waals surface area contributed by atoms with E-state index in [-0.39, 0.29) is 24.3 Å². The fourth-order valence-electron chi connectivity index (χ4n) is 4.08. The lowest BCUT2D eigenvalue weighted by molar-refractivity contribution is -0.757. The minimum absolute atomic E-state index is 0.188. The van der Waals surface area contributed by atoms with Crippen molar-refractivity contribution < 1.29 is 29.0 Å². The van der Waals surface area contributed by atoms with Crippen LogP contribution in [0, 0.1) is 10.1 Å². The van der Waals surface area contributed by atoms with Gasteiger partial charge in [-0.1, -0.05) is 0 Å². The summed E-state index contributed by atoms with van der Waals surface area (Å²) in [6.07, 6.45) is 0. The van der Waals surface area contributed by atoms with E-state index in [1.807, 2.05) is 12.1 Å². The van der Waals surface area contributed by atoms with Gasteiger partial charge in [-0.2, -0.15) is 0 Å². The van der Waals surface area contributed by atoms with E-state index in [0.29, 0.717) is 12.4 Å². The molecule has 2 aliphatic rings. The standard InChI is InChI=1S/C23H26N4O7/c1-32-18-4-2-17(3-5-18)25-10-8-24(9-11-25)12-14-33-19-6-7-20-21(16-19)23(29)26(22(20)28)13-15-34-27(30)31/h2-7,16H,8-15H2,1H3. The lowest BCUT2D eigenvalue weighted by atomic mass is 10.1. The second kappa shape index (κ2) is 10.4. The van der Waals surface area contributed by atoms with Crippen LogP contribution in [0.1, 0.15) is 20.7 Å². The Bertz CT molecular complexity index is 1050. The molecule has 0 bridgehead atoms. The number of amides is 2. The molecule has 34 heavy (non-hydrogen) atoms. The van der Waals surface area contributed by atoms with Crippen LogP contribution in [0.15, 0.2) is 42.5 Å². The molecule has 2 heterocycles. The van der Waals surface area contributed by atoms with Gasteiger partial charge in [0.25, 0.3) is 16.9 Å². The predicted octanol–water partition coefficient (Wildman–Crippen LogP) is 1.70. The molecule has 0 saturated carbocycles. The Labute approximate surface area is 196 Å². The first-order chi connectivity index (χ1) is 16.5. The van der Waals surface area contributed by atoms with Crippen molar-refractivity contribution in [3.05, 3.63) is 63.7 Å². The number of piperazine rings is 1. The van der Waals surface area contributed by atoms with E-state index in [1.165, 1.54) is 5.69 Å². The van der Waals surface area contributed by atoms with E-state index in [1.54, 1.807) is 25.3 Å². The summed E-state index contributed by atoms with van der Waals surface area (Å²) in [4.78, 5) is 45.0. The first-order valence-electron chi connectivity index (χ1n) is 11.0. The highest BCUT2D eigenvalue weighted by Crippen LogP contribution is 2.27. The Morgan fingerprint density at radius 1 is 0.882 bits per heavy atom. The number of imide groups is 1. The van der Waals surface area contributed by atoms with Crippen LogP contribution in [0.2, 0.25) is 0 Å². The minimum atomic E-state index is -0.955. The van der Waals surface area contributed by atoms with Crippen LogP contribution in [-0.4, -0.2) is 86.3 Å². The molecule has 0 atom stereocenters. The van der Waals surface area contributed by atoms with Crippen molar-refractivity contribution in [3.8, 4) is 11.5 Å². The van der Waals surface area contributed by atoms with Crippen LogP contribution < -0.4 is 14.4 Å². The summed E-state index contributed by atoms with van der Waals surface area (Å²) in [5.41, 5.74) is 1.66. The maximum atomic E-state index is 12.5. The average molecular weight is 470 g/mol. The molecular formula is C23H26N4O7. The predicted molar refractivity (Wildman–Crippen MR) is 122 cm³/mol. The van der Waals surface area contributed by atoms with Gasteiger partial charge in [-0.3, -0.25) is 19.4 Å². The van der Waals surface area contributed by atoms with Gasteiger partial charge in [-0.25, -0.2) is 0 Å². The number of carbonyl (C=O) groups is 2. The number of methoxy groups -OCH3 is 1. The molecule has 0 radical (unpaired) electrons. The number of ether oxygens (including phenoxy) is 2. The summed E-state index contributed by atoms with van der Waals surface area (Å²) in [6.45, 7) is 4.28. The van der Waals surface area contributed by atoms with Gasteiger partial charge in [0, 0.05) is 38.4 Å². The third kappa shape index (κ3) is 5.20. The van der Waals surface area contributed by atoms with Crippen LogP contribution in [0.3, 0.4) is 0 Å². The Kier molecular flexibility index (Phi) is 7.12. The van der Waals surface area contributed by atoms with Gasteiger partial charge in [0.15, 0.2) is 0 Å². The van der Waals surface area contributed by atoms with Gasteiger partial charge in [-0.15, -0.1) is 10.1 Å². The van der Waals surface area contributed by atoms with E-state index < -0.39 is 16.9 Å². The molecule has 1 fully saturated rings. The summed E-state index contributed by atoms with van der Waals surface area (Å²) in [5, 5.41) is 9.33. The highest BCUT2D eigenvalue weighted by atomic mass is 16.9. The molecular weight excluding hydrogens is 444 g/mol. The number of hydrogen-bond acceptors (Lipinski definition) is 9. The van der Waals surface area contributed by atoms with Gasteiger partial charge in [-0.05, 0) is 42.5 Å². The van der Waals surface area contributed by atoms with Crippen molar-refractivity contribution >= 4 is 17.5 Å². The summed E-state index contributed by atoms with van der Waals surface area (Å²) < 4.78 is 11.1. The maximum Gasteiger partial charge on any atom is 0.294 e. The normalized spacial score (nSPS) is 15.9. The number of anilines is 1. The van der Waals surface area contributed by atoms with Crippen LogP contribution in [-0.2, 0) is 4.84 Å². The highest BCUT2D eigenvalue weighted by Gasteiger charge is 2.35. The fourth-order valence-corrected chi connectivity index (χ4v) is 4.08. The van der Waals surface area contributed by atoms with E-state index in [4.69, 9.17) is 9.47 Å². The monoisotopic (exact) mass is 470 g/mol. The first kappa shape index (κ1) is 23.3. The van der Waals surface area contributed by atoms with Gasteiger partial charge >= 0.3 is 0 Å². The Morgan fingerprint density at radius 2 is 1.56 bits per heavy atom. The van der Waals surface area contributed by atoms with Gasteiger partial charge in [0.2, 0.25) is 0 Å². The SMILES string of the molecule is COc1ccc(N2CCN(CCOc3ccc4c(c3)C(=O)N(CCO[N+](=O)[O-])C4=O)CC2)cc1. The van der Waals surface area contributed by atoms with Crippen LogP contribution in [0.4, 0.5) is 5.69 Å². The zero-order valence-corrected chi connectivity index (χ0v) is 18.8. The molecule has 11 nitrogen and oxygen atoms in total. The Balaban J connectivity index is 1.24. The summed E-state index contributed by atoms with van der Waals surface area (Å²) in [6, 6.07) is 12.8. The Morgan fingerprint density at radius 3 is 2.24 bits per heavy atom. The van der Waals surface area contributed by atoms with Crippen molar-refractivity contribution in [2.24, 2.45) is 0 Å². The highest BCUT2D eigenvalue weighted by molar-refractivity contribution is 6.21. The maximum absolute atomic E-state index is 12.5. The molecule has 2 aliphatic heterocycles. The fraction of sp³-hybridized carbons (Fsp3) is 0.391. The second-order valence-electron chi connectivity index (χ2n) is 7.90. The summed E-state index contributed by atoms with van der Waals surface area (Å²) in [7, 11) is 1.66. The third-order valence-electron chi connectivity index (χ3n) is 5.94. The van der Waals surface area contributed by atoms with Crippen LogP contribution in [0.25, 0.3) is 0 Å². The number of fused-ring (bicyclic) bond motifs is 1. The van der Waals surface area contributed by atoms with E-state index in [0.717, 1.165) is 43.4 Å². The third-order valence-corrected chi connectivity index (χ3v) is 5.94. The summed E-state index contributed by atoms with van der Waals surface area (Å²) >= 11 is 0. The second-order valence-corrected chi connectivity index (χ2v) is 7.90. The van der Waals surface area contributed by atoms with Crippen molar-refractivity contribution in [1.29, 1.82) is 0 Å². The Hall–Kier alpha value is -3.86. The number of carbonyl (C=O) groups excluding carboxylic acids is 2. The molecule has 0 aliphatic carbocycles. The summed E-state index contributed by atoms with van der Waals surface area (Å²) in [5.74, 6) is 0.342. The van der Waals surface area contributed by atoms with Gasteiger partial charge in [0.05, 0.1) is 24.8 Å². The molecule has 0 spiro atoms. The molecule has 1 saturated heterocycles. The smallest absolute Gasteiger partial charge is 0.294 e. The van der Waals surface area contributed by atoms with Crippen molar-refractivity contribution in [1.82, 2.24) is 9.80 Å². The molecule has 180 valence electrons. The zero-order valence-electron chi connectivity index (χ0n) is 18.8. The molecule has 2 aromatic carbocycles. The number of hydrogen-bond donors (Lipinski definition) is 0. The lowest BCUT2D eigenvalue weighted by Crippen LogP contribution is -2.47. The van der Waals surface area contributed by atoms with Crippen LogP contribution in [0.5, 0.6) is 11.5 Å². The van der Waals surface area contributed by atoms with E-state index in [2.05, 4.69) is 26.8 Å². The first-order valence-corrected chi connectivity index (χ1v) is 11.0.